The summed E-state index contributed by atoms with van der Waals surface area (Å²) in [5.74, 6) is 0. The van der Waals surface area contributed by atoms with Crippen LogP contribution in [0.3, 0.4) is 0 Å². The third-order valence-corrected chi connectivity index (χ3v) is 3.81. The Morgan fingerprint density at radius 3 is 2.38 bits per heavy atom. The molecule has 0 aromatic rings. The minimum atomic E-state index is -0.0822. The highest BCUT2D eigenvalue weighted by Crippen LogP contribution is 2.09. The number of aliphatic hydroxyl groups excluding tert-OH is 1. The summed E-state index contributed by atoms with van der Waals surface area (Å²) in [4.78, 5) is 7.34. The van der Waals surface area contributed by atoms with Gasteiger partial charge in [-0.25, -0.2) is 0 Å². The molecule has 0 radical (unpaired) electrons. The number of likely N-dealkylation sites (N-methyl/N-ethyl adjacent to an activating group) is 1. The molecule has 0 aromatic carbocycles. The van der Waals surface area contributed by atoms with Crippen molar-refractivity contribution in [3.05, 3.63) is 0 Å². The second-order valence-corrected chi connectivity index (χ2v) is 5.24. The van der Waals surface area contributed by atoms with Crippen LogP contribution in [0.2, 0.25) is 0 Å². The molecule has 2 aliphatic heterocycles. The molecule has 2 fully saturated rings. The van der Waals surface area contributed by atoms with Gasteiger partial charge in [-0.05, 0) is 26.4 Å². The number of aliphatic hydroxyl groups is 1. The molecule has 0 amide bonds. The molecule has 2 rings (SSSR count). The van der Waals surface area contributed by atoms with E-state index in [2.05, 4.69) is 21.7 Å². The number of hydrogen-bond acceptors (Lipinski definition) is 4. The molecule has 16 heavy (non-hydrogen) atoms. The van der Waals surface area contributed by atoms with E-state index in [0.717, 1.165) is 25.9 Å². The molecule has 0 saturated carbocycles. The van der Waals surface area contributed by atoms with Gasteiger partial charge in [-0.1, -0.05) is 0 Å². The second kappa shape index (κ2) is 5.96. The monoisotopic (exact) mass is 227 g/mol. The van der Waals surface area contributed by atoms with Crippen LogP contribution in [0.4, 0.5) is 0 Å². The molecular formula is C12H25N3O. The number of hydrogen-bond donors (Lipinski definition) is 1. The van der Waals surface area contributed by atoms with Crippen LogP contribution in [0.5, 0.6) is 0 Å². The summed E-state index contributed by atoms with van der Waals surface area (Å²) < 4.78 is 0. The molecule has 94 valence electrons. The molecule has 0 spiro atoms. The zero-order valence-electron chi connectivity index (χ0n) is 10.4. The van der Waals surface area contributed by atoms with E-state index in [1.165, 1.54) is 39.3 Å². The van der Waals surface area contributed by atoms with Gasteiger partial charge in [-0.2, -0.15) is 0 Å². The fourth-order valence-electron chi connectivity index (χ4n) is 2.59. The van der Waals surface area contributed by atoms with Crippen LogP contribution >= 0.6 is 0 Å². The van der Waals surface area contributed by atoms with E-state index < -0.39 is 0 Å². The molecule has 1 atom stereocenters. The maximum Gasteiger partial charge on any atom is 0.0667 e. The predicted octanol–water partition coefficient (Wildman–Crippen LogP) is -0.309. The summed E-state index contributed by atoms with van der Waals surface area (Å²) in [6.45, 7) is 9.14. The van der Waals surface area contributed by atoms with Crippen LogP contribution in [-0.2, 0) is 0 Å². The van der Waals surface area contributed by atoms with Crippen molar-refractivity contribution in [3.8, 4) is 0 Å². The van der Waals surface area contributed by atoms with E-state index in [0.29, 0.717) is 0 Å². The van der Waals surface area contributed by atoms with Gasteiger partial charge in [0.05, 0.1) is 6.10 Å². The van der Waals surface area contributed by atoms with Crippen LogP contribution in [-0.4, -0.2) is 85.3 Å². The topological polar surface area (TPSA) is 30.0 Å². The predicted molar refractivity (Wildman–Crippen MR) is 65.6 cm³/mol. The maximum atomic E-state index is 9.59. The molecule has 0 bridgehead atoms. The van der Waals surface area contributed by atoms with Crippen molar-refractivity contribution in [1.82, 2.24) is 14.7 Å². The van der Waals surface area contributed by atoms with E-state index in [9.17, 15) is 5.11 Å². The normalized spacial score (nSPS) is 30.8. The fourth-order valence-corrected chi connectivity index (χ4v) is 2.59. The number of nitrogens with zero attached hydrogens (tertiary/aromatic N) is 3. The zero-order valence-corrected chi connectivity index (χ0v) is 10.4. The summed E-state index contributed by atoms with van der Waals surface area (Å²) in [5, 5.41) is 9.59. The van der Waals surface area contributed by atoms with Crippen LogP contribution in [0.15, 0.2) is 0 Å². The lowest BCUT2D eigenvalue weighted by Crippen LogP contribution is -2.48. The zero-order chi connectivity index (χ0) is 11.4. The first kappa shape index (κ1) is 12.3. The average Bonchev–Trinajstić information content (AvgIpc) is 2.28. The standard InChI is InChI=1S/C12H25N3O/c1-13-5-7-14(8-6-13)9-10-15-4-2-3-12(16)11-15/h12,16H,2-11H2,1H3/t12-/m0/s1. The van der Waals surface area contributed by atoms with Crippen molar-refractivity contribution in [2.75, 3.05) is 59.4 Å². The first-order valence-electron chi connectivity index (χ1n) is 6.55. The van der Waals surface area contributed by atoms with Gasteiger partial charge in [0.1, 0.15) is 0 Å². The highest BCUT2D eigenvalue weighted by molar-refractivity contribution is 4.75. The fraction of sp³-hybridized carbons (Fsp3) is 1.00. The van der Waals surface area contributed by atoms with Gasteiger partial charge in [0.15, 0.2) is 0 Å². The lowest BCUT2D eigenvalue weighted by Gasteiger charge is -2.35. The van der Waals surface area contributed by atoms with E-state index in [4.69, 9.17) is 0 Å². The molecule has 0 aliphatic carbocycles. The molecule has 0 unspecified atom stereocenters. The third kappa shape index (κ3) is 3.70. The van der Waals surface area contributed by atoms with Gasteiger partial charge in [0.25, 0.3) is 0 Å². The average molecular weight is 227 g/mol. The quantitative estimate of drug-likeness (QED) is 0.716. The van der Waals surface area contributed by atoms with Gasteiger partial charge in [0, 0.05) is 45.8 Å². The largest absolute Gasteiger partial charge is 0.392 e. The molecule has 4 heteroatoms. The molecule has 2 saturated heterocycles. The van der Waals surface area contributed by atoms with Crippen molar-refractivity contribution in [3.63, 3.8) is 0 Å². The summed E-state index contributed by atoms with van der Waals surface area (Å²) in [6.07, 6.45) is 2.07. The summed E-state index contributed by atoms with van der Waals surface area (Å²) in [7, 11) is 2.19. The number of piperazine rings is 1. The first-order chi connectivity index (χ1) is 7.74. The third-order valence-electron chi connectivity index (χ3n) is 3.81. The molecule has 2 aliphatic rings. The first-order valence-corrected chi connectivity index (χ1v) is 6.55. The molecule has 0 aromatic heterocycles. The Bertz CT molecular complexity index is 204. The van der Waals surface area contributed by atoms with E-state index in [1.807, 2.05) is 0 Å². The Kier molecular flexibility index (Phi) is 4.58. The van der Waals surface area contributed by atoms with Crippen LogP contribution in [0.1, 0.15) is 12.8 Å². The van der Waals surface area contributed by atoms with Crippen LogP contribution in [0.25, 0.3) is 0 Å². The Morgan fingerprint density at radius 2 is 1.69 bits per heavy atom. The number of likely N-dealkylation sites (tertiary alicyclic amines) is 1. The van der Waals surface area contributed by atoms with Crippen LogP contribution < -0.4 is 0 Å². The SMILES string of the molecule is CN1CCN(CCN2CCC[C@H](O)C2)CC1. The number of rotatable bonds is 3. The lowest BCUT2D eigenvalue weighted by molar-refractivity contribution is 0.0597. The summed E-state index contributed by atoms with van der Waals surface area (Å²) in [5.41, 5.74) is 0. The van der Waals surface area contributed by atoms with Gasteiger partial charge in [-0.3, -0.25) is 9.80 Å². The second-order valence-electron chi connectivity index (χ2n) is 5.24. The Labute approximate surface area is 98.8 Å². The molecule has 2 heterocycles. The highest BCUT2D eigenvalue weighted by atomic mass is 16.3. The Morgan fingerprint density at radius 1 is 1.00 bits per heavy atom. The van der Waals surface area contributed by atoms with Gasteiger partial charge >= 0.3 is 0 Å². The van der Waals surface area contributed by atoms with Gasteiger partial charge in [0.2, 0.25) is 0 Å². The molecule has 4 nitrogen and oxygen atoms in total. The number of piperidine rings is 1. The summed E-state index contributed by atoms with van der Waals surface area (Å²) in [6, 6.07) is 0. The minimum absolute atomic E-state index is 0.0822. The Hall–Kier alpha value is -0.160. The highest BCUT2D eigenvalue weighted by Gasteiger charge is 2.19. The van der Waals surface area contributed by atoms with Crippen molar-refractivity contribution < 1.29 is 5.11 Å². The maximum absolute atomic E-state index is 9.59. The van der Waals surface area contributed by atoms with E-state index in [-0.39, 0.29) is 6.10 Å². The van der Waals surface area contributed by atoms with Gasteiger partial charge in [-0.15, -0.1) is 0 Å². The van der Waals surface area contributed by atoms with Gasteiger partial charge < -0.3 is 10.0 Å². The van der Waals surface area contributed by atoms with Crippen molar-refractivity contribution in [1.29, 1.82) is 0 Å². The number of β-amino-alcohol motifs (C(OH)–C–C–N with tert-alkyl or cyclic N) is 1. The van der Waals surface area contributed by atoms with Crippen molar-refractivity contribution in [2.45, 2.75) is 18.9 Å². The van der Waals surface area contributed by atoms with Crippen molar-refractivity contribution in [2.24, 2.45) is 0 Å². The van der Waals surface area contributed by atoms with Crippen molar-refractivity contribution >= 4 is 0 Å². The summed E-state index contributed by atoms with van der Waals surface area (Å²) >= 11 is 0. The smallest absolute Gasteiger partial charge is 0.0667 e. The van der Waals surface area contributed by atoms with E-state index >= 15 is 0 Å². The van der Waals surface area contributed by atoms with Crippen LogP contribution in [0, 0.1) is 0 Å². The lowest BCUT2D eigenvalue weighted by atomic mass is 10.1. The molecule has 1 N–H and O–H groups in total. The Balaban J connectivity index is 1.63. The molecular weight excluding hydrogens is 202 g/mol. The minimum Gasteiger partial charge on any atom is -0.392 e. The van der Waals surface area contributed by atoms with E-state index in [1.54, 1.807) is 0 Å².